The Morgan fingerprint density at radius 3 is 2.50 bits per heavy atom. The van der Waals surface area contributed by atoms with Gasteiger partial charge in [-0.2, -0.15) is 0 Å². The van der Waals surface area contributed by atoms with Gasteiger partial charge in [-0.05, 0) is 32.4 Å². The summed E-state index contributed by atoms with van der Waals surface area (Å²) in [6.45, 7) is 9.22. The number of carbonyl (C=O) groups is 2. The molecule has 24 heavy (non-hydrogen) atoms. The van der Waals surface area contributed by atoms with Crippen LogP contribution in [0.5, 0.6) is 0 Å². The maximum Gasteiger partial charge on any atom is 0.419 e. The molecule has 0 radical (unpaired) electrons. The van der Waals surface area contributed by atoms with Crippen LogP contribution in [0.4, 0.5) is 4.79 Å². The van der Waals surface area contributed by atoms with E-state index in [0.29, 0.717) is 17.6 Å². The van der Waals surface area contributed by atoms with Crippen LogP contribution in [-0.4, -0.2) is 29.3 Å². The first-order chi connectivity index (χ1) is 11.3. The number of carbonyl (C=O) groups excluding carboxylic acids is 2. The molecular formula is C19H23NO4. The van der Waals surface area contributed by atoms with Crippen molar-refractivity contribution in [1.82, 2.24) is 4.57 Å². The number of para-hydroxylation sites is 1. The molecule has 5 nitrogen and oxygen atoms in total. The Morgan fingerprint density at radius 1 is 1.25 bits per heavy atom. The molecule has 0 aliphatic rings. The Hall–Kier alpha value is -2.56. The zero-order valence-corrected chi connectivity index (χ0v) is 14.6. The molecular weight excluding hydrogens is 306 g/mol. The highest BCUT2D eigenvalue weighted by Crippen LogP contribution is 2.29. The van der Waals surface area contributed by atoms with Gasteiger partial charge in [0.05, 0.1) is 19.0 Å². The lowest BCUT2D eigenvalue weighted by atomic mass is 10.1. The first-order valence-corrected chi connectivity index (χ1v) is 7.80. The van der Waals surface area contributed by atoms with Crippen molar-refractivity contribution in [2.75, 3.05) is 7.11 Å². The minimum atomic E-state index is -0.615. The lowest BCUT2D eigenvalue weighted by Gasteiger charge is -2.21. The lowest BCUT2D eigenvalue weighted by Crippen LogP contribution is -2.28. The van der Waals surface area contributed by atoms with Gasteiger partial charge in [-0.1, -0.05) is 24.3 Å². The Kier molecular flexibility index (Phi) is 5.12. The second kappa shape index (κ2) is 6.91. The number of aromatic nitrogens is 1. The normalized spacial score (nSPS) is 11.3. The van der Waals surface area contributed by atoms with Crippen LogP contribution in [0.2, 0.25) is 0 Å². The first kappa shape index (κ1) is 17.8. The minimum absolute atomic E-state index is 0.0932. The monoisotopic (exact) mass is 329 g/mol. The Morgan fingerprint density at radius 2 is 1.92 bits per heavy atom. The zero-order chi connectivity index (χ0) is 17.9. The van der Waals surface area contributed by atoms with Gasteiger partial charge in [-0.25, -0.2) is 9.36 Å². The van der Waals surface area contributed by atoms with E-state index in [0.717, 1.165) is 10.9 Å². The third kappa shape index (κ3) is 3.67. The lowest BCUT2D eigenvalue weighted by molar-refractivity contribution is -0.139. The third-order valence-electron chi connectivity index (χ3n) is 3.55. The molecule has 0 amide bonds. The van der Waals surface area contributed by atoms with Gasteiger partial charge in [0.2, 0.25) is 0 Å². The molecule has 0 N–H and O–H groups in total. The number of fused-ring (bicyclic) bond motifs is 1. The van der Waals surface area contributed by atoms with Gasteiger partial charge in [-0.3, -0.25) is 4.79 Å². The molecule has 2 rings (SSSR count). The van der Waals surface area contributed by atoms with E-state index in [1.807, 2.05) is 45.0 Å². The van der Waals surface area contributed by atoms with Crippen molar-refractivity contribution in [3.05, 3.63) is 48.2 Å². The smallest absolute Gasteiger partial charge is 0.419 e. The van der Waals surface area contributed by atoms with E-state index in [9.17, 15) is 9.59 Å². The van der Waals surface area contributed by atoms with Crippen LogP contribution in [0.3, 0.4) is 0 Å². The van der Waals surface area contributed by atoms with E-state index >= 15 is 0 Å². The number of esters is 1. The number of nitrogens with zero attached hydrogens (tertiary/aromatic N) is 1. The van der Waals surface area contributed by atoms with E-state index < -0.39 is 11.7 Å². The van der Waals surface area contributed by atoms with Gasteiger partial charge in [0.1, 0.15) is 5.60 Å². The number of benzene rings is 1. The number of ether oxygens (including phenoxy) is 2. The molecule has 0 atom stereocenters. The molecule has 128 valence electrons. The van der Waals surface area contributed by atoms with E-state index in [2.05, 4.69) is 6.58 Å². The van der Waals surface area contributed by atoms with Crippen molar-refractivity contribution >= 4 is 23.0 Å². The topological polar surface area (TPSA) is 57.5 Å². The Labute approximate surface area is 141 Å². The molecule has 1 aromatic carbocycles. The molecule has 0 saturated heterocycles. The van der Waals surface area contributed by atoms with E-state index in [-0.39, 0.29) is 12.4 Å². The van der Waals surface area contributed by atoms with Crippen molar-refractivity contribution in [3.8, 4) is 0 Å². The number of allylic oxidation sites excluding steroid dienone is 1. The molecule has 2 aromatic rings. The molecule has 1 heterocycles. The van der Waals surface area contributed by atoms with Gasteiger partial charge in [0, 0.05) is 17.5 Å². The number of methoxy groups -OCH3 is 1. The number of rotatable bonds is 4. The summed E-state index contributed by atoms with van der Waals surface area (Å²) in [5.74, 6) is -0.354. The maximum atomic E-state index is 12.7. The van der Waals surface area contributed by atoms with Crippen LogP contribution in [0.25, 0.3) is 10.9 Å². The fourth-order valence-corrected chi connectivity index (χ4v) is 2.64. The minimum Gasteiger partial charge on any atom is -0.469 e. The van der Waals surface area contributed by atoms with E-state index in [1.165, 1.54) is 11.7 Å². The maximum absolute atomic E-state index is 12.7. The largest absolute Gasteiger partial charge is 0.469 e. The fraction of sp³-hybridized carbons (Fsp3) is 0.368. The standard InChI is InChI=1S/C19H23NO4/c1-6-9-15-14(12-17(21)23-5)13-10-7-8-11-16(13)20(15)18(22)24-19(2,3)4/h6-8,10-11H,1,9,12H2,2-5H3. The van der Waals surface area contributed by atoms with Gasteiger partial charge in [-0.15, -0.1) is 6.58 Å². The number of hydrogen-bond donors (Lipinski definition) is 0. The predicted molar refractivity (Wildman–Crippen MR) is 93.2 cm³/mol. The van der Waals surface area contributed by atoms with Crippen LogP contribution in [-0.2, 0) is 27.1 Å². The summed E-state index contributed by atoms with van der Waals surface area (Å²) >= 11 is 0. The average molecular weight is 329 g/mol. The summed E-state index contributed by atoms with van der Waals surface area (Å²) in [7, 11) is 1.35. The average Bonchev–Trinajstić information content (AvgIpc) is 2.80. The molecule has 5 heteroatoms. The van der Waals surface area contributed by atoms with Crippen molar-refractivity contribution in [3.63, 3.8) is 0 Å². The van der Waals surface area contributed by atoms with Gasteiger partial charge < -0.3 is 9.47 Å². The van der Waals surface area contributed by atoms with Crippen molar-refractivity contribution in [2.24, 2.45) is 0 Å². The summed E-state index contributed by atoms with van der Waals surface area (Å²) < 4.78 is 11.9. The second-order valence-electron chi connectivity index (χ2n) is 6.50. The molecule has 0 saturated carbocycles. The van der Waals surface area contributed by atoms with Gasteiger partial charge in [0.15, 0.2) is 0 Å². The highest BCUT2D eigenvalue weighted by molar-refractivity contribution is 5.95. The molecule has 0 bridgehead atoms. The first-order valence-electron chi connectivity index (χ1n) is 7.80. The summed E-state index contributed by atoms with van der Waals surface area (Å²) in [6.07, 6.45) is 1.78. The van der Waals surface area contributed by atoms with Crippen LogP contribution in [0, 0.1) is 0 Å². The Bertz CT molecular complexity index is 780. The highest BCUT2D eigenvalue weighted by atomic mass is 16.6. The van der Waals surface area contributed by atoms with Crippen LogP contribution < -0.4 is 0 Å². The van der Waals surface area contributed by atoms with E-state index in [4.69, 9.17) is 9.47 Å². The molecule has 0 aliphatic carbocycles. The molecule has 0 spiro atoms. The van der Waals surface area contributed by atoms with E-state index in [1.54, 1.807) is 6.08 Å². The highest BCUT2D eigenvalue weighted by Gasteiger charge is 2.25. The SMILES string of the molecule is C=CCc1c(CC(=O)OC)c2ccccc2n1C(=O)OC(C)(C)C. The van der Waals surface area contributed by atoms with Crippen LogP contribution in [0.1, 0.15) is 32.0 Å². The molecule has 1 aromatic heterocycles. The van der Waals surface area contributed by atoms with Gasteiger partial charge >= 0.3 is 12.1 Å². The van der Waals surface area contributed by atoms with Crippen LogP contribution >= 0.6 is 0 Å². The quantitative estimate of drug-likeness (QED) is 0.631. The summed E-state index contributed by atoms with van der Waals surface area (Å²) in [4.78, 5) is 24.5. The third-order valence-corrected chi connectivity index (χ3v) is 3.55. The second-order valence-corrected chi connectivity index (χ2v) is 6.50. The summed E-state index contributed by atoms with van der Waals surface area (Å²) in [5, 5.41) is 0.839. The predicted octanol–water partition coefficient (Wildman–Crippen LogP) is 3.87. The van der Waals surface area contributed by atoms with Crippen LogP contribution in [0.15, 0.2) is 36.9 Å². The van der Waals surface area contributed by atoms with Crippen molar-refractivity contribution in [1.29, 1.82) is 0 Å². The molecule has 0 fully saturated rings. The van der Waals surface area contributed by atoms with Crippen molar-refractivity contribution in [2.45, 2.75) is 39.2 Å². The van der Waals surface area contributed by atoms with Crippen molar-refractivity contribution < 1.29 is 19.1 Å². The number of hydrogen-bond acceptors (Lipinski definition) is 4. The molecule has 0 unspecified atom stereocenters. The Balaban J connectivity index is 2.68. The summed E-state index contributed by atoms with van der Waals surface area (Å²) in [6, 6.07) is 7.46. The molecule has 0 aliphatic heterocycles. The zero-order valence-electron chi connectivity index (χ0n) is 14.6. The van der Waals surface area contributed by atoms with Gasteiger partial charge in [0.25, 0.3) is 0 Å². The summed E-state index contributed by atoms with van der Waals surface area (Å²) in [5.41, 5.74) is 1.56. The fourth-order valence-electron chi connectivity index (χ4n) is 2.64.